The number of ether oxygens (including phenoxy) is 2. The Hall–Kier alpha value is -2.69. The summed E-state index contributed by atoms with van der Waals surface area (Å²) in [6.07, 6.45) is 0. The number of anilines is 1. The summed E-state index contributed by atoms with van der Waals surface area (Å²) < 4.78 is 10.1. The number of nitrogens with zero attached hydrogens (tertiary/aromatic N) is 1. The van der Waals surface area contributed by atoms with Gasteiger partial charge in [-0.3, -0.25) is 4.79 Å². The standard InChI is InChI=1S/C18H15ClN2O4S/c1-11-7-13(26-10-20)4-5-15(11)21-17(22)9-25-18(23)14-8-12(19)3-6-16(14)24-2/h3-8H,9H2,1-2H3,(H,21,22). The van der Waals surface area contributed by atoms with Gasteiger partial charge in [-0.1, -0.05) is 11.6 Å². The number of hydrogen-bond donors (Lipinski definition) is 1. The molecule has 134 valence electrons. The van der Waals surface area contributed by atoms with E-state index in [4.69, 9.17) is 26.3 Å². The summed E-state index contributed by atoms with van der Waals surface area (Å²) in [4.78, 5) is 25.0. The second kappa shape index (κ2) is 9.13. The highest BCUT2D eigenvalue weighted by atomic mass is 35.5. The second-order valence-electron chi connectivity index (χ2n) is 5.14. The molecule has 0 atom stereocenters. The number of nitriles is 1. The third-order valence-corrected chi connectivity index (χ3v) is 4.17. The molecule has 2 rings (SSSR count). The number of amides is 1. The van der Waals surface area contributed by atoms with E-state index in [1.165, 1.54) is 13.2 Å². The van der Waals surface area contributed by atoms with Crippen molar-refractivity contribution in [3.63, 3.8) is 0 Å². The van der Waals surface area contributed by atoms with Crippen LogP contribution in [0.15, 0.2) is 41.3 Å². The Kier molecular flexibility index (Phi) is 6.89. The van der Waals surface area contributed by atoms with Crippen molar-refractivity contribution in [2.24, 2.45) is 0 Å². The van der Waals surface area contributed by atoms with Crippen LogP contribution in [-0.2, 0) is 9.53 Å². The number of methoxy groups -OCH3 is 1. The van der Waals surface area contributed by atoms with E-state index in [9.17, 15) is 9.59 Å². The first-order valence-electron chi connectivity index (χ1n) is 7.41. The SMILES string of the molecule is COc1ccc(Cl)cc1C(=O)OCC(=O)Nc1ccc(SC#N)cc1C. The zero-order valence-electron chi connectivity index (χ0n) is 14.0. The predicted octanol–water partition coefficient (Wildman–Crippen LogP) is 4.03. The average Bonchev–Trinajstić information content (AvgIpc) is 2.62. The van der Waals surface area contributed by atoms with Crippen molar-refractivity contribution in [3.05, 3.63) is 52.5 Å². The minimum absolute atomic E-state index is 0.141. The minimum atomic E-state index is -0.711. The second-order valence-corrected chi connectivity index (χ2v) is 6.43. The molecular weight excluding hydrogens is 376 g/mol. The lowest BCUT2D eigenvalue weighted by molar-refractivity contribution is -0.119. The number of rotatable bonds is 6. The Morgan fingerprint density at radius 1 is 1.27 bits per heavy atom. The van der Waals surface area contributed by atoms with Crippen LogP contribution >= 0.6 is 23.4 Å². The summed E-state index contributed by atoms with van der Waals surface area (Å²) in [6, 6.07) is 9.74. The van der Waals surface area contributed by atoms with Crippen LogP contribution in [0.5, 0.6) is 5.75 Å². The van der Waals surface area contributed by atoms with Crippen molar-refractivity contribution < 1.29 is 19.1 Å². The van der Waals surface area contributed by atoms with E-state index < -0.39 is 18.5 Å². The number of thioether (sulfide) groups is 1. The van der Waals surface area contributed by atoms with E-state index in [0.29, 0.717) is 16.5 Å². The molecular formula is C18H15ClN2O4S. The fourth-order valence-corrected chi connectivity index (χ4v) is 2.78. The molecule has 0 aliphatic rings. The Morgan fingerprint density at radius 2 is 2.04 bits per heavy atom. The van der Waals surface area contributed by atoms with Crippen LogP contribution in [-0.4, -0.2) is 25.6 Å². The first kappa shape index (κ1) is 19.6. The maximum Gasteiger partial charge on any atom is 0.342 e. The third kappa shape index (κ3) is 5.15. The van der Waals surface area contributed by atoms with Crippen LogP contribution < -0.4 is 10.1 Å². The molecule has 0 fully saturated rings. The molecule has 2 aromatic rings. The number of thiocyanates is 1. The highest BCUT2D eigenvalue weighted by Gasteiger charge is 2.16. The molecule has 8 heteroatoms. The van der Waals surface area contributed by atoms with Gasteiger partial charge in [0.25, 0.3) is 5.91 Å². The van der Waals surface area contributed by atoms with Gasteiger partial charge in [-0.15, -0.1) is 0 Å². The van der Waals surface area contributed by atoms with E-state index in [1.807, 2.05) is 5.40 Å². The lowest BCUT2D eigenvalue weighted by Gasteiger charge is -2.11. The Morgan fingerprint density at radius 3 is 2.69 bits per heavy atom. The van der Waals surface area contributed by atoms with Crippen molar-refractivity contribution >= 4 is 40.9 Å². The molecule has 1 amide bonds. The van der Waals surface area contributed by atoms with Crippen LogP contribution in [0.4, 0.5) is 5.69 Å². The fourth-order valence-electron chi connectivity index (χ4n) is 2.13. The van der Waals surface area contributed by atoms with Gasteiger partial charge in [0, 0.05) is 15.6 Å². The van der Waals surface area contributed by atoms with Gasteiger partial charge in [0.15, 0.2) is 6.61 Å². The first-order chi connectivity index (χ1) is 12.4. The number of aryl methyl sites for hydroxylation is 1. The smallest absolute Gasteiger partial charge is 0.342 e. The van der Waals surface area contributed by atoms with Crippen LogP contribution in [0.25, 0.3) is 0 Å². The van der Waals surface area contributed by atoms with Gasteiger partial charge >= 0.3 is 5.97 Å². The number of esters is 1. The van der Waals surface area contributed by atoms with Crippen molar-refractivity contribution in [3.8, 4) is 11.2 Å². The molecule has 2 aromatic carbocycles. The molecule has 0 spiro atoms. The Labute approximate surface area is 160 Å². The van der Waals surface area contributed by atoms with Gasteiger partial charge in [0.2, 0.25) is 0 Å². The maximum absolute atomic E-state index is 12.1. The van der Waals surface area contributed by atoms with Gasteiger partial charge in [-0.2, -0.15) is 5.26 Å². The molecule has 6 nitrogen and oxygen atoms in total. The molecule has 0 aliphatic carbocycles. The van der Waals surface area contributed by atoms with Crippen molar-refractivity contribution in [1.82, 2.24) is 0 Å². The predicted molar refractivity (Wildman–Crippen MR) is 99.6 cm³/mol. The fraction of sp³-hybridized carbons (Fsp3) is 0.167. The molecule has 0 radical (unpaired) electrons. The molecule has 26 heavy (non-hydrogen) atoms. The highest BCUT2D eigenvalue weighted by Crippen LogP contribution is 2.24. The van der Waals surface area contributed by atoms with Gasteiger partial charge in [0.05, 0.1) is 7.11 Å². The number of halogens is 1. The Balaban J connectivity index is 1.98. The average molecular weight is 391 g/mol. The maximum atomic E-state index is 12.1. The normalized spacial score (nSPS) is 9.92. The quantitative estimate of drug-likeness (QED) is 0.455. The lowest BCUT2D eigenvalue weighted by atomic mass is 10.2. The zero-order valence-corrected chi connectivity index (χ0v) is 15.6. The van der Waals surface area contributed by atoms with Gasteiger partial charge in [0.1, 0.15) is 16.7 Å². The number of hydrogen-bond acceptors (Lipinski definition) is 6. The van der Waals surface area contributed by atoms with Gasteiger partial charge in [-0.05, 0) is 60.6 Å². The monoisotopic (exact) mass is 390 g/mol. The Bertz CT molecular complexity index is 880. The molecule has 1 N–H and O–H groups in total. The topological polar surface area (TPSA) is 88.4 Å². The molecule has 0 aromatic heterocycles. The number of benzene rings is 2. The molecule has 0 aliphatic heterocycles. The van der Waals surface area contributed by atoms with E-state index >= 15 is 0 Å². The zero-order chi connectivity index (χ0) is 19.1. The third-order valence-electron chi connectivity index (χ3n) is 3.35. The van der Waals surface area contributed by atoms with E-state index in [2.05, 4.69) is 5.32 Å². The van der Waals surface area contributed by atoms with Crippen molar-refractivity contribution in [2.75, 3.05) is 19.0 Å². The highest BCUT2D eigenvalue weighted by molar-refractivity contribution is 8.03. The van der Waals surface area contributed by atoms with Crippen LogP contribution in [0.3, 0.4) is 0 Å². The van der Waals surface area contributed by atoms with Crippen LogP contribution in [0.1, 0.15) is 15.9 Å². The molecule has 0 heterocycles. The molecule has 0 unspecified atom stereocenters. The minimum Gasteiger partial charge on any atom is -0.496 e. The van der Waals surface area contributed by atoms with E-state index in [0.717, 1.165) is 22.2 Å². The molecule has 0 bridgehead atoms. The van der Waals surface area contributed by atoms with Crippen molar-refractivity contribution in [1.29, 1.82) is 5.26 Å². The summed E-state index contributed by atoms with van der Waals surface area (Å²) in [5.41, 5.74) is 1.51. The van der Waals surface area contributed by atoms with Crippen molar-refractivity contribution in [2.45, 2.75) is 11.8 Å². The molecule has 0 saturated heterocycles. The van der Waals surface area contributed by atoms with E-state index in [1.54, 1.807) is 37.3 Å². The number of carbonyl (C=O) groups is 2. The van der Waals surface area contributed by atoms with Gasteiger partial charge < -0.3 is 14.8 Å². The summed E-state index contributed by atoms with van der Waals surface area (Å²) in [6.45, 7) is 1.35. The van der Waals surface area contributed by atoms with Gasteiger partial charge in [-0.25, -0.2) is 4.79 Å². The molecule has 0 saturated carbocycles. The van der Waals surface area contributed by atoms with E-state index in [-0.39, 0.29) is 5.56 Å². The summed E-state index contributed by atoms with van der Waals surface area (Å²) in [5.74, 6) is -0.888. The summed E-state index contributed by atoms with van der Waals surface area (Å²) in [5, 5.41) is 13.7. The largest absolute Gasteiger partial charge is 0.496 e. The summed E-state index contributed by atoms with van der Waals surface area (Å²) >= 11 is 6.91. The van der Waals surface area contributed by atoms with Crippen LogP contribution in [0, 0.1) is 17.6 Å². The lowest BCUT2D eigenvalue weighted by Crippen LogP contribution is -2.21. The summed E-state index contributed by atoms with van der Waals surface area (Å²) in [7, 11) is 1.42. The number of carbonyl (C=O) groups excluding carboxylic acids is 2. The number of nitrogens with one attached hydrogen (secondary N) is 1. The first-order valence-corrected chi connectivity index (χ1v) is 8.61. The van der Waals surface area contributed by atoms with Crippen LogP contribution in [0.2, 0.25) is 5.02 Å².